The number of carboxylic acids is 1. The summed E-state index contributed by atoms with van der Waals surface area (Å²) in [6.45, 7) is -5.60. The molecule has 5 fully saturated rings. The zero-order valence-corrected chi connectivity index (χ0v) is 60.3. The van der Waals surface area contributed by atoms with Gasteiger partial charge in [0.15, 0.2) is 25.2 Å². The first-order valence-corrected chi connectivity index (χ1v) is 37.0. The third-order valence-corrected chi connectivity index (χ3v) is 19.4. The Bertz CT molecular complexity index is 2860. The van der Waals surface area contributed by atoms with Crippen LogP contribution in [0.4, 0.5) is 0 Å². The van der Waals surface area contributed by atoms with Crippen LogP contribution in [0.25, 0.3) is 0 Å². The van der Waals surface area contributed by atoms with Crippen molar-refractivity contribution in [2.45, 2.75) is 372 Å². The number of aliphatic hydroxyl groups is 16. The molecule has 34 heteroatoms. The molecule has 0 aliphatic carbocycles. The van der Waals surface area contributed by atoms with Crippen molar-refractivity contribution in [3.05, 3.63) is 12.2 Å². The average molecular weight is 1530 g/mol. The van der Waals surface area contributed by atoms with E-state index in [1.807, 2.05) is 0 Å². The summed E-state index contributed by atoms with van der Waals surface area (Å²) in [5.74, 6) is -7.94. The van der Waals surface area contributed by atoms with Crippen molar-refractivity contribution < 1.29 is 166 Å². The highest BCUT2D eigenvalue weighted by Gasteiger charge is 2.62. The molecule has 0 saturated carbocycles. The van der Waals surface area contributed by atoms with Gasteiger partial charge in [0.25, 0.3) is 5.79 Å². The smallest absolute Gasteiger partial charge is 0.364 e. The summed E-state index contributed by atoms with van der Waals surface area (Å²) in [6, 6.07) is -4.97. The molecule has 612 valence electrons. The van der Waals surface area contributed by atoms with Gasteiger partial charge in [0, 0.05) is 39.0 Å². The Balaban J connectivity index is 1.38. The van der Waals surface area contributed by atoms with Gasteiger partial charge in [-0.15, -0.1) is 0 Å². The first-order chi connectivity index (χ1) is 53.7. The van der Waals surface area contributed by atoms with Crippen LogP contribution in [0.1, 0.15) is 213 Å². The number of ether oxygens (including phenoxy) is 10. The Morgan fingerprint density at radius 3 is 1.62 bits per heavy atom. The normalized spacial score (nSPS) is 36.8. The molecule has 0 aromatic carbocycles. The number of unbranched alkanes of at least 4 members (excludes halogenated alkanes) is 19. The molecule has 28 atom stereocenters. The van der Waals surface area contributed by atoms with Gasteiger partial charge in [0.2, 0.25) is 17.7 Å². The first kappa shape index (κ1) is 78.3. The SMILES string of the molecule is [2H]C([2H])([2H])C([2H])([2H])C([2H])([2H])C([2H])([2H])CCCCCCCCCCCC(=O)N[C@@H](CO[C@@H]1O[C@H](CO)[C@@H](O[C@@H]2O[C@H](CO)[C@H](O[C@@H]3O[C@H](CO)[C@H](O)[C@H](O[C@@H]4O[C@H](CO)[C@H](O)[C@H](O)[C@H]4O)[C@H]3NC(C)=O)[C@H](O[C@]3(C(=O)O)C[C@H](O)[C@@H](NC(C)=O)[C@H]([C@H](O)[C@H](O)CO)O3)[C@H]2O)[C@H](O)[C@H]1O)[C@H](O)/C=C/CCCCCCCCCCCCC. The van der Waals surface area contributed by atoms with E-state index in [0.717, 1.165) is 71.6 Å². The summed E-state index contributed by atoms with van der Waals surface area (Å²) in [4.78, 5) is 53.0. The maximum absolute atomic E-state index is 13.8. The topological polar surface area (TPSA) is 541 Å². The Hall–Kier alpha value is -3.42. The number of nitrogens with one attached hydrogen (secondary N) is 3. The van der Waals surface area contributed by atoms with Crippen LogP contribution in [0.15, 0.2) is 12.2 Å². The number of aliphatic carboxylic acids is 1. The molecule has 34 nitrogen and oxygen atoms in total. The summed E-state index contributed by atoms with van der Waals surface area (Å²) in [7, 11) is 0. The molecular weight excluding hydrogens is 1390 g/mol. The third-order valence-electron chi connectivity index (χ3n) is 19.4. The number of hydrogen-bond acceptors (Lipinski definition) is 30. The van der Waals surface area contributed by atoms with E-state index in [0.29, 0.717) is 32.1 Å². The fraction of sp³-hybridized carbons (Fsp3) is 0.915. The number of hydrogen-bond donors (Lipinski definition) is 20. The van der Waals surface area contributed by atoms with Crippen LogP contribution in [-0.2, 0) is 66.5 Å². The van der Waals surface area contributed by atoms with E-state index in [9.17, 15) is 106 Å². The zero-order chi connectivity index (χ0) is 85.2. The lowest BCUT2D eigenvalue weighted by molar-refractivity contribution is -0.403. The van der Waals surface area contributed by atoms with Gasteiger partial charge >= 0.3 is 5.97 Å². The molecule has 0 aromatic heterocycles. The standard InChI is InChI=1S/C71H127N3O31/c1-5-7-9-11-13-15-17-19-21-23-25-27-29-31-43(82)42(74-50(85)32-30-28-26-24-22-20-18-16-14-12-10-8-6-2)39-96-67-59(92)57(90)61(48(37-78)99-67)101-69-60(93)65(105-71(70(94)95)33-44(83)51(72-40(3)80)64(104-71)53(86)45(84)34-75)62(49(38-79)100-69)102-66-52(73-41(4)81)63(55(88)47(36-77)97-66)103-68-58(91)56(89)54(87)46(35-76)98-68/h29,31,42-49,51-69,75-79,82-84,86-93H,5-28,30,32-39H2,1-4H3,(H,72,80)(H,73,81)(H,74,85)(H,94,95)/b31-29+/t42-,43+,44-,45+,46+,47+,48+,49+,51+,52+,53+,54-,55-,56-,57+,58+,59+,60+,61+,62-,63+,64+,65+,66-,67+,68-,69-,71-/m0/s1/i2D3,6D2,8D2,10D2. The molecule has 3 amide bonds. The van der Waals surface area contributed by atoms with Crippen LogP contribution in [0.3, 0.4) is 0 Å². The molecule has 5 heterocycles. The Morgan fingerprint density at radius 1 is 0.552 bits per heavy atom. The fourth-order valence-corrected chi connectivity index (χ4v) is 13.5. The van der Waals surface area contributed by atoms with E-state index in [-0.39, 0.29) is 19.3 Å². The molecule has 5 saturated heterocycles. The fourth-order valence-electron chi connectivity index (χ4n) is 13.5. The van der Waals surface area contributed by atoms with Crippen molar-refractivity contribution in [2.24, 2.45) is 0 Å². The largest absolute Gasteiger partial charge is 0.477 e. The summed E-state index contributed by atoms with van der Waals surface area (Å²) in [6.07, 6.45) is -40.1. The van der Waals surface area contributed by atoms with Crippen molar-refractivity contribution in [3.8, 4) is 0 Å². The highest BCUT2D eigenvalue weighted by Crippen LogP contribution is 2.41. The average Bonchev–Trinajstić information content (AvgIpc) is 0.750. The minimum Gasteiger partial charge on any atom is -0.477 e. The number of carboxylic acid groups (broad SMARTS) is 1. The highest BCUT2D eigenvalue weighted by molar-refractivity contribution is 5.77. The van der Waals surface area contributed by atoms with E-state index >= 15 is 0 Å². The van der Waals surface area contributed by atoms with Gasteiger partial charge < -0.3 is 150 Å². The second-order valence-electron chi connectivity index (χ2n) is 27.7. The molecular formula is C71H127N3O31. The molecule has 20 N–H and O–H groups in total. The lowest BCUT2D eigenvalue weighted by Crippen LogP contribution is -2.72. The zero-order valence-electron chi connectivity index (χ0n) is 69.3. The van der Waals surface area contributed by atoms with E-state index in [4.69, 9.17) is 59.7 Å². The third kappa shape index (κ3) is 28.1. The molecule has 5 aliphatic heterocycles. The Kier molecular flexibility index (Phi) is 36.1. The number of allylic oxidation sites excluding steroid dienone is 1. The van der Waals surface area contributed by atoms with E-state index < -0.39 is 267 Å². The van der Waals surface area contributed by atoms with Gasteiger partial charge in [-0.25, -0.2) is 4.79 Å². The van der Waals surface area contributed by atoms with Gasteiger partial charge in [-0.3, -0.25) is 14.4 Å². The van der Waals surface area contributed by atoms with Crippen LogP contribution >= 0.6 is 0 Å². The number of carbonyl (C=O) groups excluding carboxylic acids is 3. The molecule has 0 radical (unpaired) electrons. The predicted molar refractivity (Wildman–Crippen MR) is 369 cm³/mol. The van der Waals surface area contributed by atoms with Crippen molar-refractivity contribution in [2.75, 3.05) is 39.6 Å². The molecule has 105 heavy (non-hydrogen) atoms. The molecule has 0 spiro atoms. The molecule has 5 rings (SSSR count). The Morgan fingerprint density at radius 2 is 1.05 bits per heavy atom. The second kappa shape index (κ2) is 48.4. The van der Waals surface area contributed by atoms with E-state index in [2.05, 4.69) is 22.9 Å². The van der Waals surface area contributed by atoms with Crippen molar-refractivity contribution in [3.63, 3.8) is 0 Å². The number of amides is 3. The Labute approximate surface area is 627 Å². The van der Waals surface area contributed by atoms with Crippen LogP contribution in [0.5, 0.6) is 0 Å². The van der Waals surface area contributed by atoms with Crippen molar-refractivity contribution in [1.82, 2.24) is 16.0 Å². The van der Waals surface area contributed by atoms with Gasteiger partial charge in [-0.2, -0.15) is 0 Å². The predicted octanol–water partition coefficient (Wildman–Crippen LogP) is -1.82. The quantitative estimate of drug-likeness (QED) is 0.0235. The molecule has 0 unspecified atom stereocenters. The lowest BCUT2D eigenvalue weighted by Gasteiger charge is -2.52. The molecule has 0 bridgehead atoms. The van der Waals surface area contributed by atoms with Crippen LogP contribution in [0.2, 0.25) is 0 Å². The summed E-state index contributed by atoms with van der Waals surface area (Å²) < 4.78 is 130. The maximum Gasteiger partial charge on any atom is 0.364 e. The second-order valence-corrected chi connectivity index (χ2v) is 27.7. The summed E-state index contributed by atoms with van der Waals surface area (Å²) in [5, 5.41) is 197. The van der Waals surface area contributed by atoms with Crippen molar-refractivity contribution >= 4 is 23.7 Å². The lowest BCUT2D eigenvalue weighted by atomic mass is 9.88. The minimum absolute atomic E-state index is 0.00725. The molecule has 5 aliphatic rings. The highest BCUT2D eigenvalue weighted by atomic mass is 16.8. The number of aliphatic hydroxyl groups excluding tert-OH is 16. The van der Waals surface area contributed by atoms with Crippen LogP contribution in [0, 0.1) is 0 Å². The minimum atomic E-state index is -3.42. The summed E-state index contributed by atoms with van der Waals surface area (Å²) in [5.41, 5.74) is 0. The van der Waals surface area contributed by atoms with Gasteiger partial charge in [0.1, 0.15) is 116 Å². The van der Waals surface area contributed by atoms with Gasteiger partial charge in [0.05, 0.1) is 63.9 Å². The number of rotatable bonds is 50. The van der Waals surface area contributed by atoms with Crippen molar-refractivity contribution in [1.29, 1.82) is 0 Å². The monoisotopic (exact) mass is 1530 g/mol. The van der Waals surface area contributed by atoms with Crippen LogP contribution in [-0.4, -0.2) is 321 Å². The first-order valence-electron chi connectivity index (χ1n) is 41.5. The van der Waals surface area contributed by atoms with Gasteiger partial charge in [-0.05, 0) is 19.3 Å². The van der Waals surface area contributed by atoms with Crippen LogP contribution < -0.4 is 16.0 Å². The number of carbonyl (C=O) groups is 4. The molecule has 0 aromatic rings. The van der Waals surface area contributed by atoms with E-state index in [1.165, 1.54) is 44.6 Å². The van der Waals surface area contributed by atoms with E-state index in [1.54, 1.807) is 6.08 Å². The maximum atomic E-state index is 13.8. The summed E-state index contributed by atoms with van der Waals surface area (Å²) >= 11 is 0. The van der Waals surface area contributed by atoms with Gasteiger partial charge in [-0.1, -0.05) is 167 Å².